The van der Waals surface area contributed by atoms with Gasteiger partial charge in [-0.15, -0.1) is 0 Å². The highest BCUT2D eigenvalue weighted by atomic mass is 28.4. The number of fused-ring (bicyclic) bond motifs is 1. The van der Waals surface area contributed by atoms with E-state index in [2.05, 4.69) is 117 Å². The number of nitriles is 1. The molecule has 1 aromatic heterocycles. The molecule has 0 radical (unpaired) electrons. The van der Waals surface area contributed by atoms with Gasteiger partial charge in [-0.25, -0.2) is 4.98 Å². The molecular formula is C54H69N3O3Si. The summed E-state index contributed by atoms with van der Waals surface area (Å²) in [6, 6.07) is 35.1. The fourth-order valence-corrected chi connectivity index (χ4v) is 15.8. The minimum atomic E-state index is -2.22. The highest BCUT2D eigenvalue weighted by molar-refractivity contribution is 6.77. The Kier molecular flexibility index (Phi) is 15.0. The Bertz CT molecular complexity index is 2310. The molecule has 1 aliphatic carbocycles. The Morgan fingerprint density at radius 3 is 2.13 bits per heavy atom. The summed E-state index contributed by atoms with van der Waals surface area (Å²) in [5, 5.41) is 9.59. The fourth-order valence-electron chi connectivity index (χ4n) is 10.3. The highest BCUT2D eigenvalue weighted by Crippen LogP contribution is 2.50. The van der Waals surface area contributed by atoms with E-state index in [-0.39, 0.29) is 17.3 Å². The predicted molar refractivity (Wildman–Crippen MR) is 254 cm³/mol. The zero-order valence-electron chi connectivity index (χ0n) is 38.6. The van der Waals surface area contributed by atoms with Gasteiger partial charge in [0.25, 0.3) is 5.56 Å². The number of aryl methyl sites for hydroxylation is 2. The second-order valence-electron chi connectivity index (χ2n) is 19.0. The molecule has 0 saturated heterocycles. The first kappa shape index (κ1) is 45.7. The quantitative estimate of drug-likeness (QED) is 0.117. The lowest BCUT2D eigenvalue weighted by Crippen LogP contribution is -2.50. The lowest BCUT2D eigenvalue weighted by molar-refractivity contribution is 0.0150. The van der Waals surface area contributed by atoms with Crippen molar-refractivity contribution < 1.29 is 9.16 Å². The maximum absolute atomic E-state index is 14.5. The lowest BCUT2D eigenvalue weighted by Gasteiger charge is -2.47. The first-order chi connectivity index (χ1) is 29.2. The number of hydrogen-bond donors (Lipinski definition) is 0. The summed E-state index contributed by atoms with van der Waals surface area (Å²) in [5.41, 5.74) is 9.38. The summed E-state index contributed by atoms with van der Waals surface area (Å²) in [4.78, 5) is 19.6. The van der Waals surface area contributed by atoms with Crippen LogP contribution in [0.25, 0.3) is 16.8 Å². The number of ether oxygens (including phenoxy) is 1. The van der Waals surface area contributed by atoms with Gasteiger partial charge in [0, 0.05) is 24.0 Å². The molecule has 2 aliphatic rings. The van der Waals surface area contributed by atoms with Crippen molar-refractivity contribution in [3.8, 4) is 28.6 Å². The highest BCUT2D eigenvalue weighted by Gasteiger charge is 2.49. The van der Waals surface area contributed by atoms with Crippen molar-refractivity contribution in [2.75, 3.05) is 0 Å². The van der Waals surface area contributed by atoms with Gasteiger partial charge in [0.15, 0.2) is 0 Å². The zero-order chi connectivity index (χ0) is 43.9. The van der Waals surface area contributed by atoms with Gasteiger partial charge in [0.1, 0.15) is 17.2 Å². The van der Waals surface area contributed by atoms with Crippen molar-refractivity contribution in [1.29, 1.82) is 5.26 Å². The van der Waals surface area contributed by atoms with Crippen LogP contribution in [0.15, 0.2) is 102 Å². The summed E-state index contributed by atoms with van der Waals surface area (Å²) in [5.74, 6) is 2.36. The van der Waals surface area contributed by atoms with E-state index in [1.807, 2.05) is 55.5 Å². The molecule has 7 heteroatoms. The molecular weight excluding hydrogens is 767 g/mol. The van der Waals surface area contributed by atoms with Crippen LogP contribution >= 0.6 is 0 Å². The van der Waals surface area contributed by atoms with Crippen LogP contribution in [0.3, 0.4) is 0 Å². The van der Waals surface area contributed by atoms with Gasteiger partial charge in [0.05, 0.1) is 29.1 Å². The topological polar surface area (TPSA) is 77.1 Å². The Labute approximate surface area is 367 Å². The van der Waals surface area contributed by atoms with E-state index in [1.54, 1.807) is 10.1 Å². The molecule has 0 spiro atoms. The van der Waals surface area contributed by atoms with Crippen molar-refractivity contribution in [3.63, 3.8) is 0 Å². The van der Waals surface area contributed by atoms with Crippen LogP contribution in [0.4, 0.5) is 0 Å². The molecule has 61 heavy (non-hydrogen) atoms. The van der Waals surface area contributed by atoms with Gasteiger partial charge in [-0.2, -0.15) is 5.26 Å². The third-order valence-corrected chi connectivity index (χ3v) is 19.3. The van der Waals surface area contributed by atoms with Crippen LogP contribution in [-0.2, 0) is 17.3 Å². The Morgan fingerprint density at radius 2 is 1.51 bits per heavy atom. The Hall–Kier alpha value is -4.77. The van der Waals surface area contributed by atoms with Gasteiger partial charge >= 0.3 is 0 Å². The SMILES string of the molecule is CCCc1nc(C)n(-c2ccc3c(c2)C(O[Si](C(C)C)(C(C)C)C(C)C)CC(C)(C)O3)c(=O)c1Cc1ccc(-c2ccccc2C#N)cc1.c1ccc(C2CCCCC2)cc1. The maximum Gasteiger partial charge on any atom is 0.261 e. The second kappa shape index (κ2) is 19.9. The van der Waals surface area contributed by atoms with E-state index in [9.17, 15) is 10.1 Å². The number of hydrogen-bond acceptors (Lipinski definition) is 5. The standard InChI is InChI=1S/C42H53N3O3Si.C12H16/c1-11-14-38-36(23-31-17-19-32(20-18-31)35-16-13-12-15-33(35)26-43)41(46)45(30(8)44-38)34-21-22-39-37(24-34)40(25-42(9,10)47-39)48-49(27(2)3,28(4)5)29(6)7;1-3-7-11(8-4-1)12-9-5-2-6-10-12/h12-13,15-22,24,27-29,40H,11,14,23,25H2,1-10H3;1,3-4,7-8,12H,2,5-6,9-10H2. The van der Waals surface area contributed by atoms with Crippen molar-refractivity contribution in [2.24, 2.45) is 0 Å². The summed E-state index contributed by atoms with van der Waals surface area (Å²) in [7, 11) is -2.22. The average molecular weight is 836 g/mol. The predicted octanol–water partition coefficient (Wildman–Crippen LogP) is 14.2. The summed E-state index contributed by atoms with van der Waals surface area (Å²) in [6.45, 7) is 22.2. The molecule has 0 amide bonds. The van der Waals surface area contributed by atoms with Crippen molar-refractivity contribution in [2.45, 2.75) is 161 Å². The largest absolute Gasteiger partial charge is 0.487 e. The molecule has 5 aromatic rings. The third-order valence-electron chi connectivity index (χ3n) is 13.2. The van der Waals surface area contributed by atoms with Gasteiger partial charge < -0.3 is 9.16 Å². The van der Waals surface area contributed by atoms with Crippen LogP contribution in [0.1, 0.15) is 159 Å². The van der Waals surface area contributed by atoms with Crippen LogP contribution in [0.5, 0.6) is 5.75 Å². The Morgan fingerprint density at radius 1 is 0.869 bits per heavy atom. The van der Waals surface area contributed by atoms with Crippen molar-refractivity contribution in [3.05, 3.63) is 147 Å². The molecule has 1 atom stereocenters. The van der Waals surface area contributed by atoms with Gasteiger partial charge in [0.2, 0.25) is 8.32 Å². The molecule has 4 aromatic carbocycles. The molecule has 1 fully saturated rings. The van der Waals surface area contributed by atoms with Crippen LogP contribution in [-0.4, -0.2) is 23.5 Å². The molecule has 0 bridgehead atoms. The van der Waals surface area contributed by atoms with Crippen LogP contribution in [0.2, 0.25) is 16.6 Å². The van der Waals surface area contributed by atoms with Gasteiger partial charge in [-0.3, -0.25) is 9.36 Å². The third kappa shape index (κ3) is 10.3. The molecule has 1 unspecified atom stereocenters. The van der Waals surface area contributed by atoms with Crippen LogP contribution < -0.4 is 10.3 Å². The van der Waals surface area contributed by atoms with E-state index in [0.717, 1.165) is 64.6 Å². The van der Waals surface area contributed by atoms with E-state index in [0.29, 0.717) is 40.0 Å². The number of nitrogens with zero attached hydrogens (tertiary/aromatic N) is 3. The first-order valence-electron chi connectivity index (χ1n) is 22.9. The van der Waals surface area contributed by atoms with E-state index in [4.69, 9.17) is 14.1 Å². The monoisotopic (exact) mass is 836 g/mol. The van der Waals surface area contributed by atoms with Crippen molar-refractivity contribution in [1.82, 2.24) is 9.55 Å². The molecule has 6 nitrogen and oxygen atoms in total. The minimum Gasteiger partial charge on any atom is -0.487 e. The van der Waals surface area contributed by atoms with Crippen molar-refractivity contribution >= 4 is 8.32 Å². The summed E-state index contributed by atoms with van der Waals surface area (Å²) < 4.78 is 15.7. The second-order valence-corrected chi connectivity index (χ2v) is 24.4. The van der Waals surface area contributed by atoms with E-state index < -0.39 is 8.32 Å². The zero-order valence-corrected chi connectivity index (χ0v) is 39.6. The Balaban J connectivity index is 0.000000441. The maximum atomic E-state index is 14.5. The molecule has 1 saturated carbocycles. The first-order valence-corrected chi connectivity index (χ1v) is 25.1. The van der Waals surface area contributed by atoms with Gasteiger partial charge in [-0.1, -0.05) is 147 Å². The number of benzene rings is 4. The molecule has 1 aliphatic heterocycles. The van der Waals surface area contributed by atoms with E-state index >= 15 is 0 Å². The number of aromatic nitrogens is 2. The summed E-state index contributed by atoms with van der Waals surface area (Å²) in [6.07, 6.45) is 9.83. The lowest BCUT2D eigenvalue weighted by atomic mass is 9.84. The minimum absolute atomic E-state index is 0.0420. The smallest absolute Gasteiger partial charge is 0.261 e. The fraction of sp³-hybridized carbons (Fsp3) is 0.463. The average Bonchev–Trinajstić information content (AvgIpc) is 3.24. The summed E-state index contributed by atoms with van der Waals surface area (Å²) >= 11 is 0. The molecule has 2 heterocycles. The molecule has 7 rings (SSSR count). The normalized spacial score (nSPS) is 16.4. The van der Waals surface area contributed by atoms with E-state index in [1.165, 1.54) is 32.1 Å². The van der Waals surface area contributed by atoms with Gasteiger partial charge in [-0.05, 0) is 109 Å². The van der Waals surface area contributed by atoms with Crippen LogP contribution in [0, 0.1) is 18.3 Å². The number of rotatable bonds is 12. The molecule has 322 valence electrons. The molecule has 0 N–H and O–H groups in total.